The highest BCUT2D eigenvalue weighted by Gasteiger charge is 2.51. The van der Waals surface area contributed by atoms with Gasteiger partial charge < -0.3 is 19.2 Å². The molecule has 0 aliphatic carbocycles. The molecule has 7 heteroatoms. The zero-order valence-electron chi connectivity index (χ0n) is 14.9. The number of aliphatic hydroxyl groups is 1. The van der Waals surface area contributed by atoms with Crippen LogP contribution in [0.25, 0.3) is 0 Å². The van der Waals surface area contributed by atoms with Gasteiger partial charge in [0.25, 0.3) is 0 Å². The average molecular weight is 336 g/mol. The lowest BCUT2D eigenvalue weighted by atomic mass is 9.79. The van der Waals surface area contributed by atoms with Crippen molar-refractivity contribution in [2.24, 2.45) is 0 Å². The van der Waals surface area contributed by atoms with Gasteiger partial charge in [0.15, 0.2) is 0 Å². The molecule has 0 aromatic heterocycles. The maximum absolute atomic E-state index is 9.50. The quantitative estimate of drug-likeness (QED) is 0.822. The smallest absolute Gasteiger partial charge is 0.491 e. The molecule has 0 unspecified atom stereocenters. The van der Waals surface area contributed by atoms with Crippen molar-refractivity contribution in [3.63, 3.8) is 0 Å². The van der Waals surface area contributed by atoms with Gasteiger partial charge in [0, 0.05) is 0 Å². The summed E-state index contributed by atoms with van der Waals surface area (Å²) in [5, 5.41) is 9.50. The molecule has 1 aromatic carbocycles. The largest absolute Gasteiger partial charge is 0.494 e. The molecule has 132 valence electrons. The fourth-order valence-electron chi connectivity index (χ4n) is 2.01. The average Bonchev–Trinajstić information content (AvgIpc) is 2.74. The molecule has 2 rings (SSSR count). The van der Waals surface area contributed by atoms with Gasteiger partial charge >= 0.3 is 13.3 Å². The van der Waals surface area contributed by atoms with Crippen LogP contribution in [0.4, 0.5) is 0 Å². The Kier molecular flexibility index (Phi) is 7.17. The monoisotopic (exact) mass is 336 g/mol. The molecule has 0 spiro atoms. The summed E-state index contributed by atoms with van der Waals surface area (Å²) in [6.07, 6.45) is 0.513. The van der Waals surface area contributed by atoms with E-state index in [2.05, 4.69) is 0 Å². The highest BCUT2D eigenvalue weighted by atomic mass is 16.7. The van der Waals surface area contributed by atoms with Gasteiger partial charge in [-0.3, -0.25) is 0 Å². The molecule has 6 nitrogen and oxygen atoms in total. The first-order valence-electron chi connectivity index (χ1n) is 7.92. The number of hydrogen-bond acceptors (Lipinski definition) is 6. The van der Waals surface area contributed by atoms with Crippen LogP contribution in [-0.2, 0) is 18.9 Å². The number of rotatable bonds is 5. The fourth-order valence-corrected chi connectivity index (χ4v) is 2.01. The van der Waals surface area contributed by atoms with Gasteiger partial charge in [-0.15, -0.1) is 0 Å². The molecule has 1 atom stereocenters. The topological polar surface area (TPSA) is 82.1 Å². The summed E-state index contributed by atoms with van der Waals surface area (Å²) in [5.41, 5.74) is 0.299. The molecule has 1 heterocycles. The summed E-state index contributed by atoms with van der Waals surface area (Å²) in [4.78, 5) is 16.2. The molecule has 0 amide bonds. The van der Waals surface area contributed by atoms with E-state index in [1.165, 1.54) is 0 Å². The van der Waals surface area contributed by atoms with Crippen molar-refractivity contribution in [3.8, 4) is 5.75 Å². The van der Waals surface area contributed by atoms with E-state index in [0.29, 0.717) is 13.0 Å². The van der Waals surface area contributed by atoms with Crippen molar-refractivity contribution in [1.29, 1.82) is 0 Å². The van der Waals surface area contributed by atoms with E-state index in [1.54, 1.807) is 0 Å². The zero-order chi connectivity index (χ0) is 18.4. The molecule has 1 aliphatic heterocycles. The molecule has 1 saturated heterocycles. The third kappa shape index (κ3) is 5.18. The Bertz CT molecular complexity index is 533. The minimum Gasteiger partial charge on any atom is -0.491 e. The second-order valence-corrected chi connectivity index (χ2v) is 6.61. The van der Waals surface area contributed by atoms with Crippen LogP contribution in [0.5, 0.6) is 5.75 Å². The van der Waals surface area contributed by atoms with Crippen molar-refractivity contribution < 1.29 is 28.7 Å². The minimum atomic E-state index is -0.423. The van der Waals surface area contributed by atoms with Gasteiger partial charge in [-0.1, -0.05) is 19.1 Å². The molecule has 24 heavy (non-hydrogen) atoms. The van der Waals surface area contributed by atoms with E-state index >= 15 is 0 Å². The predicted octanol–water partition coefficient (Wildman–Crippen LogP) is 1.55. The van der Waals surface area contributed by atoms with Gasteiger partial charge in [0.05, 0.1) is 17.3 Å². The molecular formula is C17H25BO6. The second-order valence-electron chi connectivity index (χ2n) is 6.61. The van der Waals surface area contributed by atoms with Gasteiger partial charge in [-0.25, -0.2) is 0 Å². The molecular weight excluding hydrogens is 311 g/mol. The van der Waals surface area contributed by atoms with Crippen LogP contribution in [0.3, 0.4) is 0 Å². The Hall–Kier alpha value is -1.66. The first-order valence-corrected chi connectivity index (χ1v) is 7.92. The molecule has 0 radical (unpaired) electrons. The van der Waals surface area contributed by atoms with Crippen molar-refractivity contribution in [2.75, 3.05) is 6.61 Å². The van der Waals surface area contributed by atoms with Crippen LogP contribution in [0.2, 0.25) is 0 Å². The van der Waals surface area contributed by atoms with E-state index in [-0.39, 0.29) is 24.5 Å². The minimum absolute atomic E-state index is 0.250. The van der Waals surface area contributed by atoms with E-state index in [4.69, 9.17) is 23.6 Å². The summed E-state index contributed by atoms with van der Waals surface area (Å²) in [6, 6.07) is 7.64. The Morgan fingerprint density at radius 3 is 2.00 bits per heavy atom. The molecule has 0 saturated carbocycles. The Balaban J connectivity index is 0.000000891. The maximum Gasteiger partial charge on any atom is 0.494 e. The van der Waals surface area contributed by atoms with Crippen LogP contribution < -0.4 is 10.2 Å². The lowest BCUT2D eigenvalue weighted by molar-refractivity contribution is -0.191. The van der Waals surface area contributed by atoms with Crippen LogP contribution in [0.15, 0.2) is 24.3 Å². The summed E-state index contributed by atoms with van der Waals surface area (Å²) < 4.78 is 17.5. The first kappa shape index (κ1) is 20.4. The highest BCUT2D eigenvalue weighted by Crippen LogP contribution is 2.36. The highest BCUT2D eigenvalue weighted by molar-refractivity contribution is 6.62. The maximum atomic E-state index is 9.50. The number of carbonyl (C=O) groups excluding carboxylic acids is 2. The van der Waals surface area contributed by atoms with Crippen molar-refractivity contribution >= 4 is 18.7 Å². The number of aliphatic hydroxyl groups excluding tert-OH is 1. The predicted molar refractivity (Wildman–Crippen MR) is 89.0 cm³/mol. The summed E-state index contributed by atoms with van der Waals surface area (Å²) in [5.74, 6) is 0.739. The van der Waals surface area contributed by atoms with E-state index in [0.717, 1.165) is 11.2 Å². The van der Waals surface area contributed by atoms with Crippen LogP contribution in [0.1, 0.15) is 41.0 Å². The van der Waals surface area contributed by atoms with Crippen LogP contribution in [-0.4, -0.2) is 42.3 Å². The van der Waals surface area contributed by atoms with Crippen molar-refractivity contribution in [1.82, 2.24) is 0 Å². The number of hydrogen-bond donors (Lipinski definition) is 1. The lowest BCUT2D eigenvalue weighted by Crippen LogP contribution is -2.41. The molecule has 1 aromatic rings. The first-order chi connectivity index (χ1) is 11.2. The van der Waals surface area contributed by atoms with E-state index < -0.39 is 6.10 Å². The van der Waals surface area contributed by atoms with Gasteiger partial charge in [-0.2, -0.15) is 9.59 Å². The van der Waals surface area contributed by atoms with Gasteiger partial charge in [0.2, 0.25) is 0 Å². The standard InChI is InChI=1S/C16H25BO4.CO2/c1-6-13(18)11-19-14-9-7-12(8-10-14)17-20-15(2,3)16(4,5)21-17;2-1-3/h7-10,13,18H,6,11H2,1-5H3;/t13-;/m0./s1. The van der Waals surface area contributed by atoms with Gasteiger partial charge in [-0.05, 0) is 51.7 Å². The molecule has 0 bridgehead atoms. The summed E-state index contributed by atoms with van der Waals surface area (Å²) in [7, 11) is -0.356. The third-order valence-corrected chi connectivity index (χ3v) is 4.32. The van der Waals surface area contributed by atoms with Crippen molar-refractivity contribution in [2.45, 2.75) is 58.3 Å². The second kappa shape index (κ2) is 8.44. The summed E-state index contributed by atoms with van der Waals surface area (Å²) >= 11 is 0. The third-order valence-electron chi connectivity index (χ3n) is 4.32. The summed E-state index contributed by atoms with van der Waals surface area (Å²) in [6.45, 7) is 10.4. The normalized spacial score (nSPS) is 19.0. The Morgan fingerprint density at radius 2 is 1.58 bits per heavy atom. The Morgan fingerprint density at radius 1 is 1.12 bits per heavy atom. The SMILES string of the molecule is CC[C@H](O)COc1ccc(B2OC(C)(C)C(C)(C)O2)cc1.O=C=O. The van der Waals surface area contributed by atoms with Gasteiger partial charge in [0.1, 0.15) is 12.4 Å². The lowest BCUT2D eigenvalue weighted by Gasteiger charge is -2.32. The number of benzene rings is 1. The Labute approximate surface area is 143 Å². The molecule has 1 N–H and O–H groups in total. The van der Waals surface area contributed by atoms with E-state index in [9.17, 15) is 5.11 Å². The van der Waals surface area contributed by atoms with Crippen molar-refractivity contribution in [3.05, 3.63) is 24.3 Å². The molecule has 1 aliphatic rings. The van der Waals surface area contributed by atoms with E-state index in [1.807, 2.05) is 58.9 Å². The fraction of sp³-hybridized carbons (Fsp3) is 0.588. The zero-order valence-corrected chi connectivity index (χ0v) is 14.9. The molecule has 1 fully saturated rings. The van der Waals surface area contributed by atoms with Crippen LogP contribution in [0, 0.1) is 0 Å². The van der Waals surface area contributed by atoms with Crippen LogP contribution >= 0.6 is 0 Å². The number of ether oxygens (including phenoxy) is 1.